The van der Waals surface area contributed by atoms with Gasteiger partial charge in [0.2, 0.25) is 0 Å². The molecule has 0 radical (unpaired) electrons. The maximum atomic E-state index is 9.40. The standard InChI is InChI=1S/C18H44N2O6Si2/c1-17(27(23-3)24-4)7-9-19(13-15-21)11-12-20(14-16-22)10-8-18(2)28(25-5)26-6/h17-18,21-22,27-28H,7-16H2,1-6H3. The topological polar surface area (TPSA) is 83.9 Å². The number of hydrogen-bond acceptors (Lipinski definition) is 8. The first-order valence-electron chi connectivity index (χ1n) is 10.2. The lowest BCUT2D eigenvalue weighted by Crippen LogP contribution is -2.40. The molecule has 0 aliphatic heterocycles. The van der Waals surface area contributed by atoms with Gasteiger partial charge in [0.15, 0.2) is 0 Å². The summed E-state index contributed by atoms with van der Waals surface area (Å²) >= 11 is 0. The SMILES string of the molecule is CO[SiH](OC)C(C)CCN(CCO)CCN(CCO)CCC(C)[SiH](OC)OC. The largest absolute Gasteiger partial charge is 0.400 e. The minimum atomic E-state index is -1.61. The van der Waals surface area contributed by atoms with Gasteiger partial charge in [-0.2, -0.15) is 0 Å². The van der Waals surface area contributed by atoms with Gasteiger partial charge in [0.25, 0.3) is 0 Å². The Bertz CT molecular complexity index is 320. The second-order valence-electron chi connectivity index (χ2n) is 7.34. The number of nitrogens with zero attached hydrogens (tertiary/aromatic N) is 2. The van der Waals surface area contributed by atoms with Crippen molar-refractivity contribution in [2.75, 3.05) is 80.9 Å². The molecular weight excluding hydrogens is 396 g/mol. The molecule has 0 rings (SSSR count). The Morgan fingerprint density at radius 2 is 0.929 bits per heavy atom. The highest BCUT2D eigenvalue weighted by Gasteiger charge is 2.22. The Morgan fingerprint density at radius 1 is 0.607 bits per heavy atom. The Balaban J connectivity index is 4.51. The van der Waals surface area contributed by atoms with Gasteiger partial charge >= 0.3 is 18.6 Å². The van der Waals surface area contributed by atoms with E-state index in [1.54, 1.807) is 28.4 Å². The fourth-order valence-corrected chi connectivity index (χ4v) is 6.49. The predicted octanol–water partition coefficient (Wildman–Crippen LogP) is 0.162. The van der Waals surface area contributed by atoms with Crippen molar-refractivity contribution in [3.05, 3.63) is 0 Å². The molecule has 0 aliphatic rings. The van der Waals surface area contributed by atoms with Crippen molar-refractivity contribution < 1.29 is 27.9 Å². The van der Waals surface area contributed by atoms with Crippen molar-refractivity contribution in [3.8, 4) is 0 Å². The fourth-order valence-electron chi connectivity index (χ4n) is 3.40. The number of rotatable bonds is 19. The number of hydrogen-bond donors (Lipinski definition) is 2. The molecule has 8 nitrogen and oxygen atoms in total. The van der Waals surface area contributed by atoms with Gasteiger partial charge in [0.05, 0.1) is 13.2 Å². The van der Waals surface area contributed by atoms with E-state index in [1.165, 1.54) is 0 Å². The van der Waals surface area contributed by atoms with Crippen LogP contribution in [0.2, 0.25) is 11.1 Å². The molecule has 0 spiro atoms. The molecule has 0 fully saturated rings. The van der Waals surface area contributed by atoms with Crippen molar-refractivity contribution in [2.45, 2.75) is 37.8 Å². The highest BCUT2D eigenvalue weighted by molar-refractivity contribution is 6.46. The molecule has 170 valence electrons. The molecular formula is C18H44N2O6Si2. The van der Waals surface area contributed by atoms with Crippen molar-refractivity contribution in [1.29, 1.82) is 0 Å². The van der Waals surface area contributed by atoms with Crippen LogP contribution in [-0.4, -0.2) is 120 Å². The average molecular weight is 441 g/mol. The van der Waals surface area contributed by atoms with E-state index in [2.05, 4.69) is 23.6 Å². The minimum Gasteiger partial charge on any atom is -0.400 e. The Kier molecular flexibility index (Phi) is 18.0. The minimum absolute atomic E-state index is 0.149. The molecule has 2 N–H and O–H groups in total. The summed E-state index contributed by atoms with van der Waals surface area (Å²) in [6.07, 6.45) is 1.98. The molecule has 0 amide bonds. The van der Waals surface area contributed by atoms with Crippen LogP contribution in [0.5, 0.6) is 0 Å². The van der Waals surface area contributed by atoms with E-state index >= 15 is 0 Å². The lowest BCUT2D eigenvalue weighted by atomic mass is 10.2. The summed E-state index contributed by atoms with van der Waals surface area (Å²) in [6, 6.07) is 0. The summed E-state index contributed by atoms with van der Waals surface area (Å²) in [5.74, 6) is 0. The van der Waals surface area contributed by atoms with Gasteiger partial charge in [-0.05, 0) is 37.0 Å². The zero-order valence-corrected chi connectivity index (χ0v) is 21.1. The average Bonchev–Trinajstić information content (AvgIpc) is 2.69. The van der Waals surface area contributed by atoms with Crippen LogP contribution in [-0.2, 0) is 17.7 Å². The molecule has 0 aromatic carbocycles. The van der Waals surface area contributed by atoms with Gasteiger partial charge in [-0.25, -0.2) is 0 Å². The van der Waals surface area contributed by atoms with E-state index in [9.17, 15) is 10.2 Å². The maximum Gasteiger partial charge on any atom is 0.323 e. The van der Waals surface area contributed by atoms with Crippen LogP contribution in [0.4, 0.5) is 0 Å². The Morgan fingerprint density at radius 3 is 1.18 bits per heavy atom. The molecule has 0 bridgehead atoms. The third kappa shape index (κ3) is 12.0. The molecule has 10 heteroatoms. The van der Waals surface area contributed by atoms with Gasteiger partial charge in [-0.15, -0.1) is 0 Å². The van der Waals surface area contributed by atoms with Crippen molar-refractivity contribution in [1.82, 2.24) is 9.80 Å². The lowest BCUT2D eigenvalue weighted by Gasteiger charge is -2.29. The van der Waals surface area contributed by atoms with Crippen LogP contribution in [0.3, 0.4) is 0 Å². The summed E-state index contributed by atoms with van der Waals surface area (Å²) < 4.78 is 21.9. The Hall–Kier alpha value is 0.114. The van der Waals surface area contributed by atoms with Gasteiger partial charge in [0, 0.05) is 54.6 Å². The van der Waals surface area contributed by atoms with E-state index in [1.807, 2.05) is 0 Å². The van der Waals surface area contributed by atoms with Gasteiger partial charge in [-0.3, -0.25) is 9.80 Å². The first-order chi connectivity index (χ1) is 13.5. The number of aliphatic hydroxyl groups excluding tert-OH is 2. The van der Waals surface area contributed by atoms with Crippen LogP contribution >= 0.6 is 0 Å². The third-order valence-corrected chi connectivity index (χ3v) is 9.61. The fraction of sp³-hybridized carbons (Fsp3) is 1.00. The first kappa shape index (κ1) is 28.1. The van der Waals surface area contributed by atoms with E-state index in [0.29, 0.717) is 24.2 Å². The van der Waals surface area contributed by atoms with Crippen LogP contribution in [0.1, 0.15) is 26.7 Å². The monoisotopic (exact) mass is 440 g/mol. The van der Waals surface area contributed by atoms with E-state index in [-0.39, 0.29) is 13.2 Å². The smallest absolute Gasteiger partial charge is 0.323 e. The Labute approximate surface area is 175 Å². The second kappa shape index (κ2) is 17.9. The highest BCUT2D eigenvalue weighted by atomic mass is 28.3. The molecule has 2 atom stereocenters. The zero-order valence-electron chi connectivity index (χ0n) is 18.8. The summed E-state index contributed by atoms with van der Waals surface area (Å²) in [4.78, 5) is 4.56. The van der Waals surface area contributed by atoms with Crippen molar-refractivity contribution in [2.24, 2.45) is 0 Å². The molecule has 28 heavy (non-hydrogen) atoms. The van der Waals surface area contributed by atoms with Crippen LogP contribution < -0.4 is 0 Å². The van der Waals surface area contributed by atoms with Crippen LogP contribution in [0.15, 0.2) is 0 Å². The van der Waals surface area contributed by atoms with Crippen molar-refractivity contribution >= 4 is 18.6 Å². The summed E-state index contributed by atoms with van der Waals surface area (Å²) in [5.41, 5.74) is 0.825. The third-order valence-electron chi connectivity index (χ3n) is 5.22. The quantitative estimate of drug-likeness (QED) is 0.275. The van der Waals surface area contributed by atoms with Crippen LogP contribution in [0, 0.1) is 0 Å². The van der Waals surface area contributed by atoms with E-state index < -0.39 is 18.6 Å². The first-order valence-corrected chi connectivity index (χ1v) is 13.5. The molecule has 0 aromatic heterocycles. The summed E-state index contributed by atoms with van der Waals surface area (Å²) in [5, 5.41) is 18.8. The molecule has 0 heterocycles. The summed E-state index contributed by atoms with van der Waals surface area (Å²) in [6.45, 7) is 9.50. The maximum absolute atomic E-state index is 9.40. The van der Waals surface area contributed by atoms with Crippen molar-refractivity contribution in [3.63, 3.8) is 0 Å². The number of aliphatic hydroxyl groups is 2. The molecule has 0 aromatic rings. The van der Waals surface area contributed by atoms with Gasteiger partial charge in [-0.1, -0.05) is 13.8 Å². The van der Waals surface area contributed by atoms with E-state index in [0.717, 1.165) is 39.0 Å². The lowest BCUT2D eigenvalue weighted by molar-refractivity contribution is 0.146. The normalized spacial score (nSPS) is 14.6. The molecule has 0 aliphatic carbocycles. The molecule has 2 unspecified atom stereocenters. The molecule has 0 saturated heterocycles. The second-order valence-corrected chi connectivity index (χ2v) is 13.0. The predicted molar refractivity (Wildman–Crippen MR) is 117 cm³/mol. The zero-order chi connectivity index (χ0) is 21.4. The van der Waals surface area contributed by atoms with E-state index in [4.69, 9.17) is 17.7 Å². The van der Waals surface area contributed by atoms with Crippen LogP contribution in [0.25, 0.3) is 0 Å². The van der Waals surface area contributed by atoms with Gasteiger partial charge in [0.1, 0.15) is 0 Å². The summed E-state index contributed by atoms with van der Waals surface area (Å²) in [7, 11) is 3.66. The highest BCUT2D eigenvalue weighted by Crippen LogP contribution is 2.17. The van der Waals surface area contributed by atoms with Gasteiger partial charge < -0.3 is 27.9 Å². The molecule has 0 saturated carbocycles.